The van der Waals surface area contributed by atoms with Crippen molar-refractivity contribution in [2.45, 2.75) is 44.7 Å². The summed E-state index contributed by atoms with van der Waals surface area (Å²) in [5, 5.41) is 7.04. The lowest BCUT2D eigenvalue weighted by molar-refractivity contribution is -0.123. The highest BCUT2D eigenvalue weighted by Gasteiger charge is 2.27. The van der Waals surface area contributed by atoms with Crippen LogP contribution in [0.3, 0.4) is 0 Å². The zero-order valence-corrected chi connectivity index (χ0v) is 16.3. The lowest BCUT2D eigenvalue weighted by Crippen LogP contribution is -2.37. The first-order valence-corrected chi connectivity index (χ1v) is 10.2. The number of amides is 1. The van der Waals surface area contributed by atoms with Crippen LogP contribution in [0.1, 0.15) is 43.7 Å². The van der Waals surface area contributed by atoms with E-state index in [0.29, 0.717) is 11.7 Å². The Kier molecular flexibility index (Phi) is 5.89. The van der Waals surface area contributed by atoms with Crippen LogP contribution in [-0.4, -0.2) is 15.6 Å². The normalized spacial score (nSPS) is 15.7. The summed E-state index contributed by atoms with van der Waals surface area (Å²) in [6.07, 6.45) is 5.83. The Balaban J connectivity index is 1.55. The van der Waals surface area contributed by atoms with Crippen molar-refractivity contribution in [1.29, 1.82) is 0 Å². The number of nitrogens with zero attached hydrogens (tertiary/aromatic N) is 2. The number of rotatable bonds is 6. The summed E-state index contributed by atoms with van der Waals surface area (Å²) in [4.78, 5) is 25.1. The van der Waals surface area contributed by atoms with Gasteiger partial charge in [-0.25, -0.2) is 9.36 Å². The van der Waals surface area contributed by atoms with E-state index in [4.69, 9.17) is 4.52 Å². The summed E-state index contributed by atoms with van der Waals surface area (Å²) in [7, 11) is 0. The van der Waals surface area contributed by atoms with Crippen LogP contribution in [0.25, 0.3) is 11.4 Å². The van der Waals surface area contributed by atoms with Gasteiger partial charge in [0.25, 0.3) is 0 Å². The molecule has 0 aliphatic heterocycles. The van der Waals surface area contributed by atoms with Crippen molar-refractivity contribution >= 4 is 5.91 Å². The lowest BCUT2D eigenvalue weighted by atomic mass is 9.81. The van der Waals surface area contributed by atoms with E-state index in [1.54, 1.807) is 0 Å². The molecule has 6 heteroatoms. The Morgan fingerprint density at radius 3 is 2.38 bits per heavy atom. The molecular formula is C23H25N3O3. The molecule has 3 aromatic rings. The van der Waals surface area contributed by atoms with Gasteiger partial charge in [-0.1, -0.05) is 85.1 Å². The van der Waals surface area contributed by atoms with Gasteiger partial charge in [-0.05, 0) is 24.3 Å². The van der Waals surface area contributed by atoms with Crippen LogP contribution in [0.15, 0.2) is 70.0 Å². The van der Waals surface area contributed by atoms with Crippen molar-refractivity contribution in [2.75, 3.05) is 0 Å². The highest BCUT2D eigenvalue weighted by Crippen LogP contribution is 2.34. The molecule has 0 spiro atoms. The second-order valence-electron chi connectivity index (χ2n) is 7.58. The maximum Gasteiger partial charge on any atom is 0.442 e. The summed E-state index contributed by atoms with van der Waals surface area (Å²) >= 11 is 0. The Hall–Kier alpha value is -3.15. The molecule has 1 heterocycles. The Bertz CT molecular complexity index is 989. The molecule has 4 rings (SSSR count). The number of aromatic nitrogens is 2. The summed E-state index contributed by atoms with van der Waals surface area (Å²) in [5.74, 6) is -0.0811. The molecule has 0 saturated heterocycles. The van der Waals surface area contributed by atoms with Gasteiger partial charge in [0.15, 0.2) is 5.82 Å². The quantitative estimate of drug-likeness (QED) is 0.690. The molecule has 1 unspecified atom stereocenters. The first-order chi connectivity index (χ1) is 14.2. The molecule has 1 amide bonds. The maximum atomic E-state index is 12.9. The Morgan fingerprint density at radius 1 is 1.03 bits per heavy atom. The summed E-state index contributed by atoms with van der Waals surface area (Å²) in [5.41, 5.74) is 1.84. The average molecular weight is 391 g/mol. The van der Waals surface area contributed by atoms with Gasteiger partial charge in [-0.3, -0.25) is 9.32 Å². The molecule has 1 aromatic heterocycles. The van der Waals surface area contributed by atoms with Gasteiger partial charge in [-0.15, -0.1) is 0 Å². The predicted molar refractivity (Wildman–Crippen MR) is 110 cm³/mol. The number of carbonyl (C=O) groups is 1. The highest BCUT2D eigenvalue weighted by atomic mass is 16.5. The minimum Gasteiger partial charge on any atom is -0.347 e. The molecule has 0 radical (unpaired) electrons. The largest absolute Gasteiger partial charge is 0.442 e. The molecule has 29 heavy (non-hydrogen) atoms. The van der Waals surface area contributed by atoms with Crippen molar-refractivity contribution in [3.8, 4) is 11.4 Å². The second kappa shape index (κ2) is 8.90. The van der Waals surface area contributed by atoms with E-state index < -0.39 is 5.76 Å². The fourth-order valence-corrected chi connectivity index (χ4v) is 4.17. The predicted octanol–water partition coefficient (Wildman–Crippen LogP) is 3.94. The first-order valence-electron chi connectivity index (χ1n) is 10.2. The molecular weight excluding hydrogens is 366 g/mol. The van der Waals surface area contributed by atoms with Gasteiger partial charge < -0.3 is 5.32 Å². The molecule has 1 fully saturated rings. The van der Waals surface area contributed by atoms with Crippen LogP contribution in [0.5, 0.6) is 0 Å². The standard InChI is InChI=1S/C23H25N3O3/c27-20(16-26-22(25-29-23(26)28)19-14-8-3-9-15-19)24-21(17-10-4-1-5-11-17)18-12-6-2-7-13-18/h1,3-5,8-11,14-15,18,21H,2,6-7,12-13,16H2,(H,24,27). The number of nitrogens with one attached hydrogen (secondary N) is 1. The van der Waals surface area contributed by atoms with Gasteiger partial charge in [-0.2, -0.15) is 0 Å². The van der Waals surface area contributed by atoms with Crippen molar-refractivity contribution < 1.29 is 9.32 Å². The number of benzene rings is 2. The van der Waals surface area contributed by atoms with Crippen molar-refractivity contribution in [1.82, 2.24) is 15.0 Å². The van der Waals surface area contributed by atoms with E-state index in [1.165, 1.54) is 23.8 Å². The third-order valence-electron chi connectivity index (χ3n) is 5.62. The van der Waals surface area contributed by atoms with E-state index in [1.807, 2.05) is 48.5 Å². The van der Waals surface area contributed by atoms with Crippen LogP contribution in [-0.2, 0) is 11.3 Å². The van der Waals surface area contributed by atoms with Crippen molar-refractivity contribution in [3.05, 3.63) is 76.8 Å². The molecule has 1 atom stereocenters. The SMILES string of the molecule is O=C(Cn1c(-c2ccccc2)noc1=O)NC(c1ccccc1)C1CCCCC1. The molecule has 0 bridgehead atoms. The van der Waals surface area contributed by atoms with Crippen LogP contribution in [0, 0.1) is 5.92 Å². The summed E-state index contributed by atoms with van der Waals surface area (Å²) < 4.78 is 6.12. The fraction of sp³-hybridized carbons (Fsp3) is 0.348. The Morgan fingerprint density at radius 2 is 1.69 bits per heavy atom. The first kappa shape index (κ1) is 19.2. The molecule has 1 N–H and O–H groups in total. The third kappa shape index (κ3) is 4.47. The van der Waals surface area contributed by atoms with Crippen molar-refractivity contribution in [2.24, 2.45) is 5.92 Å². The molecule has 1 aliphatic rings. The zero-order chi connectivity index (χ0) is 20.1. The minimum atomic E-state index is -0.632. The number of carbonyl (C=O) groups excluding carboxylic acids is 1. The fourth-order valence-electron chi connectivity index (χ4n) is 4.17. The van der Waals surface area contributed by atoms with Gasteiger partial charge in [0, 0.05) is 5.56 Å². The number of hydrogen-bond donors (Lipinski definition) is 1. The average Bonchev–Trinajstić information content (AvgIpc) is 3.14. The van der Waals surface area contributed by atoms with E-state index in [0.717, 1.165) is 24.0 Å². The highest BCUT2D eigenvalue weighted by molar-refractivity contribution is 5.77. The molecule has 1 aliphatic carbocycles. The third-order valence-corrected chi connectivity index (χ3v) is 5.62. The van der Waals surface area contributed by atoms with Crippen LogP contribution < -0.4 is 11.1 Å². The minimum absolute atomic E-state index is 0.0558. The Labute approximate surface area is 169 Å². The second-order valence-corrected chi connectivity index (χ2v) is 7.58. The maximum absolute atomic E-state index is 12.9. The summed E-state index contributed by atoms with van der Waals surface area (Å²) in [6.45, 7) is -0.122. The van der Waals surface area contributed by atoms with Crippen LogP contribution in [0.4, 0.5) is 0 Å². The van der Waals surface area contributed by atoms with Crippen LogP contribution >= 0.6 is 0 Å². The van der Waals surface area contributed by atoms with E-state index in [-0.39, 0.29) is 18.5 Å². The summed E-state index contributed by atoms with van der Waals surface area (Å²) in [6, 6.07) is 19.3. The van der Waals surface area contributed by atoms with Gasteiger partial charge >= 0.3 is 5.76 Å². The zero-order valence-electron chi connectivity index (χ0n) is 16.3. The molecule has 6 nitrogen and oxygen atoms in total. The van der Waals surface area contributed by atoms with Crippen molar-refractivity contribution in [3.63, 3.8) is 0 Å². The lowest BCUT2D eigenvalue weighted by Gasteiger charge is -2.31. The molecule has 150 valence electrons. The van der Waals surface area contributed by atoms with E-state index in [9.17, 15) is 9.59 Å². The molecule has 1 saturated carbocycles. The smallest absolute Gasteiger partial charge is 0.347 e. The molecule has 2 aromatic carbocycles. The van der Waals surface area contributed by atoms with Crippen LogP contribution in [0.2, 0.25) is 0 Å². The van der Waals surface area contributed by atoms with Gasteiger partial charge in [0.1, 0.15) is 6.54 Å². The van der Waals surface area contributed by atoms with E-state index >= 15 is 0 Å². The topological polar surface area (TPSA) is 77.1 Å². The van der Waals surface area contributed by atoms with Gasteiger partial charge in [0.05, 0.1) is 6.04 Å². The monoisotopic (exact) mass is 391 g/mol. The number of hydrogen-bond acceptors (Lipinski definition) is 4. The van der Waals surface area contributed by atoms with Gasteiger partial charge in [0.2, 0.25) is 5.91 Å². The van der Waals surface area contributed by atoms with E-state index in [2.05, 4.69) is 22.6 Å².